The highest BCUT2D eigenvalue weighted by Crippen LogP contribution is 2.53. The van der Waals surface area contributed by atoms with Gasteiger partial charge in [-0.15, -0.1) is 0 Å². The predicted molar refractivity (Wildman–Crippen MR) is 109 cm³/mol. The van der Waals surface area contributed by atoms with Crippen molar-refractivity contribution >= 4 is 21.5 Å². The second-order valence-corrected chi connectivity index (χ2v) is 7.35. The summed E-state index contributed by atoms with van der Waals surface area (Å²) in [4.78, 5) is 0. The summed E-state index contributed by atoms with van der Waals surface area (Å²) in [7, 11) is 0. The molecule has 126 valence electrons. The summed E-state index contributed by atoms with van der Waals surface area (Å²) in [6.45, 7) is 4.39. The Labute approximate surface area is 157 Å². The molecule has 2 nitrogen and oxygen atoms in total. The van der Waals surface area contributed by atoms with Crippen LogP contribution in [-0.4, -0.2) is 0 Å². The van der Waals surface area contributed by atoms with E-state index in [-0.39, 0.29) is 0 Å². The third-order valence-corrected chi connectivity index (χ3v) is 5.67. The fraction of sp³-hybridized carbons (Fsp3) is 0.120. The Balaban J connectivity index is 2.08. The van der Waals surface area contributed by atoms with Gasteiger partial charge in [-0.2, -0.15) is 10.5 Å². The lowest BCUT2D eigenvalue weighted by molar-refractivity contribution is 0.876. The van der Waals surface area contributed by atoms with Gasteiger partial charge in [0, 0.05) is 21.9 Å². The van der Waals surface area contributed by atoms with Gasteiger partial charge in [0.15, 0.2) is 0 Å². The van der Waals surface area contributed by atoms with Gasteiger partial charge >= 0.3 is 0 Å². The quantitative estimate of drug-likeness (QED) is 0.348. The molecule has 0 atom stereocenters. The van der Waals surface area contributed by atoms with Crippen LogP contribution in [0.3, 0.4) is 0 Å². The Hall–Kier alpha value is -3.62. The first-order chi connectivity index (χ1) is 13.2. The number of nitrogens with zero attached hydrogens (tertiary/aromatic N) is 2. The predicted octanol–water partition coefficient (Wildman–Crippen LogP) is 6.51. The van der Waals surface area contributed by atoms with Crippen LogP contribution in [0.25, 0.3) is 43.8 Å². The van der Waals surface area contributed by atoms with Gasteiger partial charge in [-0.25, -0.2) is 0 Å². The number of nitriles is 2. The van der Waals surface area contributed by atoms with E-state index in [9.17, 15) is 10.5 Å². The third kappa shape index (κ3) is 1.88. The van der Waals surface area contributed by atoms with Crippen LogP contribution in [0.4, 0.5) is 0 Å². The molecule has 0 heterocycles. The lowest BCUT2D eigenvalue weighted by Gasteiger charge is -2.12. The lowest BCUT2D eigenvalue weighted by Crippen LogP contribution is -1.93. The molecule has 4 aromatic carbocycles. The summed E-state index contributed by atoms with van der Waals surface area (Å²) < 4.78 is 0. The maximum absolute atomic E-state index is 10.0. The van der Waals surface area contributed by atoms with E-state index >= 15 is 0 Å². The van der Waals surface area contributed by atoms with Crippen LogP contribution < -0.4 is 0 Å². The number of hydrogen-bond acceptors (Lipinski definition) is 2. The van der Waals surface area contributed by atoms with E-state index in [1.807, 2.05) is 24.3 Å². The van der Waals surface area contributed by atoms with Crippen LogP contribution in [0.5, 0.6) is 0 Å². The molecule has 1 aliphatic carbocycles. The molecular weight excluding hydrogens is 328 g/mol. The van der Waals surface area contributed by atoms with E-state index in [2.05, 4.69) is 56.3 Å². The summed E-state index contributed by atoms with van der Waals surface area (Å²) in [5.41, 5.74) is 6.58. The molecule has 0 spiro atoms. The van der Waals surface area contributed by atoms with Gasteiger partial charge in [-0.1, -0.05) is 68.4 Å². The van der Waals surface area contributed by atoms with E-state index in [0.29, 0.717) is 17.0 Å². The fourth-order valence-corrected chi connectivity index (χ4v) is 4.56. The normalized spacial score (nSPS) is 11.6. The first kappa shape index (κ1) is 15.6. The molecule has 0 amide bonds. The number of benzene rings is 4. The van der Waals surface area contributed by atoms with Crippen LogP contribution >= 0.6 is 0 Å². The monoisotopic (exact) mass is 344 g/mol. The molecule has 27 heavy (non-hydrogen) atoms. The standard InChI is InChI=1S/C25H16N2/c1-14(2)15-10-11-20-23-18(15)8-5-9-19(23)24-21(12-26)16-6-3-4-7-17(16)22(13-27)25(20)24/h3-11,14H,1-2H3. The Morgan fingerprint density at radius 1 is 0.667 bits per heavy atom. The molecule has 0 unspecified atom stereocenters. The molecular formula is C25H16N2. The van der Waals surface area contributed by atoms with E-state index < -0.39 is 0 Å². The fourth-order valence-electron chi connectivity index (χ4n) is 4.56. The zero-order valence-corrected chi connectivity index (χ0v) is 15.2. The second-order valence-electron chi connectivity index (χ2n) is 7.35. The van der Waals surface area contributed by atoms with E-state index in [0.717, 1.165) is 33.0 Å². The highest BCUT2D eigenvalue weighted by Gasteiger charge is 2.30. The van der Waals surface area contributed by atoms with Crippen LogP contribution in [0, 0.1) is 22.7 Å². The van der Waals surface area contributed by atoms with Crippen molar-refractivity contribution in [3.05, 3.63) is 71.3 Å². The van der Waals surface area contributed by atoms with Gasteiger partial charge in [0.2, 0.25) is 0 Å². The minimum Gasteiger partial charge on any atom is -0.192 e. The summed E-state index contributed by atoms with van der Waals surface area (Å²) in [6, 6.07) is 23.2. The molecule has 1 aliphatic rings. The van der Waals surface area contributed by atoms with Crippen molar-refractivity contribution in [1.29, 1.82) is 10.5 Å². The molecule has 0 radical (unpaired) electrons. The minimum atomic E-state index is 0.406. The number of fused-ring (bicyclic) bond motifs is 4. The molecule has 0 N–H and O–H groups in total. The molecule has 0 aliphatic heterocycles. The van der Waals surface area contributed by atoms with Gasteiger partial charge in [0.1, 0.15) is 12.1 Å². The first-order valence-electron chi connectivity index (χ1n) is 9.12. The SMILES string of the molecule is CC(C)c1ccc2c3c(cccc13)-c1c-2c(C#N)c2ccccc2c1C#N. The van der Waals surface area contributed by atoms with E-state index in [1.165, 1.54) is 16.3 Å². The van der Waals surface area contributed by atoms with Crippen LogP contribution in [0.15, 0.2) is 54.6 Å². The molecule has 5 rings (SSSR count). The minimum absolute atomic E-state index is 0.406. The van der Waals surface area contributed by atoms with Crippen molar-refractivity contribution in [2.75, 3.05) is 0 Å². The van der Waals surface area contributed by atoms with Gasteiger partial charge in [0.05, 0.1) is 11.1 Å². The van der Waals surface area contributed by atoms with Crippen molar-refractivity contribution < 1.29 is 0 Å². The summed E-state index contributed by atoms with van der Waals surface area (Å²) >= 11 is 0. The summed E-state index contributed by atoms with van der Waals surface area (Å²) in [6.07, 6.45) is 0. The van der Waals surface area contributed by atoms with Crippen molar-refractivity contribution in [3.8, 4) is 34.4 Å². The number of rotatable bonds is 1. The average Bonchev–Trinajstić information content (AvgIpc) is 3.02. The summed E-state index contributed by atoms with van der Waals surface area (Å²) in [5, 5.41) is 24.1. The Bertz CT molecular complexity index is 1290. The Morgan fingerprint density at radius 3 is 1.78 bits per heavy atom. The highest BCUT2D eigenvalue weighted by molar-refractivity contribution is 6.21. The molecule has 0 aromatic heterocycles. The second kappa shape index (κ2) is 5.44. The summed E-state index contributed by atoms with van der Waals surface area (Å²) in [5.74, 6) is 0.406. The van der Waals surface area contributed by atoms with Crippen LogP contribution in [-0.2, 0) is 0 Å². The Kier molecular flexibility index (Phi) is 3.15. The zero-order valence-electron chi connectivity index (χ0n) is 15.2. The molecule has 0 bridgehead atoms. The smallest absolute Gasteiger partial charge is 0.100 e. The topological polar surface area (TPSA) is 47.6 Å². The van der Waals surface area contributed by atoms with Gasteiger partial charge in [0.25, 0.3) is 0 Å². The molecule has 0 saturated carbocycles. The van der Waals surface area contributed by atoms with Gasteiger partial charge < -0.3 is 0 Å². The zero-order chi connectivity index (χ0) is 18.7. The van der Waals surface area contributed by atoms with Crippen molar-refractivity contribution in [3.63, 3.8) is 0 Å². The van der Waals surface area contributed by atoms with Crippen LogP contribution in [0.2, 0.25) is 0 Å². The molecule has 0 fully saturated rings. The van der Waals surface area contributed by atoms with Crippen molar-refractivity contribution in [2.24, 2.45) is 0 Å². The maximum Gasteiger partial charge on any atom is 0.100 e. The molecule has 4 aromatic rings. The average molecular weight is 344 g/mol. The maximum atomic E-state index is 10.0. The van der Waals surface area contributed by atoms with Crippen LogP contribution in [0.1, 0.15) is 36.5 Å². The third-order valence-electron chi connectivity index (χ3n) is 5.67. The van der Waals surface area contributed by atoms with Crippen molar-refractivity contribution in [2.45, 2.75) is 19.8 Å². The lowest BCUT2D eigenvalue weighted by atomic mass is 9.88. The van der Waals surface area contributed by atoms with E-state index in [1.54, 1.807) is 0 Å². The van der Waals surface area contributed by atoms with Gasteiger partial charge in [-0.05, 0) is 33.4 Å². The van der Waals surface area contributed by atoms with Gasteiger partial charge in [-0.3, -0.25) is 0 Å². The highest BCUT2D eigenvalue weighted by atomic mass is 14.4. The van der Waals surface area contributed by atoms with Crippen molar-refractivity contribution in [1.82, 2.24) is 0 Å². The van der Waals surface area contributed by atoms with E-state index in [4.69, 9.17) is 0 Å². The molecule has 2 heteroatoms. The number of hydrogen-bond donors (Lipinski definition) is 0. The molecule has 0 saturated heterocycles. The first-order valence-corrected chi connectivity index (χ1v) is 9.12. The Morgan fingerprint density at radius 2 is 1.22 bits per heavy atom. The largest absolute Gasteiger partial charge is 0.192 e.